The Morgan fingerprint density at radius 3 is 2.86 bits per heavy atom. The fraction of sp³-hybridized carbons (Fsp3) is 0.167. The molecule has 21 heavy (non-hydrogen) atoms. The molecule has 0 spiro atoms. The third kappa shape index (κ3) is 4.39. The average Bonchev–Trinajstić information content (AvgIpc) is 2.47. The number of aliphatic hydroxyl groups excluding tert-OH is 1. The number of nitro benzene ring substituents is 1. The van der Waals surface area contributed by atoms with Crippen molar-refractivity contribution in [3.05, 3.63) is 45.8 Å². The molecule has 0 heterocycles. The molecule has 0 saturated heterocycles. The minimum atomic E-state index is -1.02. The SMILES string of the molecule is CCOC(=O)/C(N=Nc1cccc([N+](=O)[O-])c1)=C(/O)C#N. The maximum atomic E-state index is 11.5. The van der Waals surface area contributed by atoms with Gasteiger partial charge in [0, 0.05) is 12.1 Å². The van der Waals surface area contributed by atoms with Gasteiger partial charge in [0.2, 0.25) is 11.5 Å². The van der Waals surface area contributed by atoms with Crippen LogP contribution < -0.4 is 0 Å². The Bertz CT molecular complexity index is 660. The number of rotatable bonds is 5. The second-order valence-corrected chi connectivity index (χ2v) is 3.51. The molecule has 0 amide bonds. The number of nitrogens with zero attached hydrogens (tertiary/aromatic N) is 4. The summed E-state index contributed by atoms with van der Waals surface area (Å²) in [6.07, 6.45) is 0. The van der Waals surface area contributed by atoms with Gasteiger partial charge in [-0.15, -0.1) is 10.2 Å². The zero-order chi connectivity index (χ0) is 15.8. The van der Waals surface area contributed by atoms with Crippen LogP contribution in [-0.4, -0.2) is 22.6 Å². The van der Waals surface area contributed by atoms with E-state index in [1.54, 1.807) is 0 Å². The van der Waals surface area contributed by atoms with Crippen molar-refractivity contribution in [1.29, 1.82) is 5.26 Å². The Hall–Kier alpha value is -3.28. The summed E-state index contributed by atoms with van der Waals surface area (Å²) >= 11 is 0. The molecule has 1 rings (SSSR count). The summed E-state index contributed by atoms with van der Waals surface area (Å²) in [7, 11) is 0. The molecule has 0 fully saturated rings. The van der Waals surface area contributed by atoms with Crippen LogP contribution in [0.1, 0.15) is 6.92 Å². The number of hydrogen-bond donors (Lipinski definition) is 1. The van der Waals surface area contributed by atoms with Crippen molar-refractivity contribution in [3.63, 3.8) is 0 Å². The first kappa shape index (κ1) is 15.8. The Kier molecular flexibility index (Phi) is 5.52. The van der Waals surface area contributed by atoms with E-state index in [4.69, 9.17) is 5.26 Å². The molecule has 0 radical (unpaired) electrons. The molecule has 0 aliphatic carbocycles. The largest absolute Gasteiger partial charge is 0.498 e. The van der Waals surface area contributed by atoms with Crippen LogP contribution >= 0.6 is 0 Å². The van der Waals surface area contributed by atoms with Crippen molar-refractivity contribution in [3.8, 4) is 6.07 Å². The zero-order valence-corrected chi connectivity index (χ0v) is 10.9. The van der Waals surface area contributed by atoms with Crippen LogP contribution in [0.5, 0.6) is 0 Å². The van der Waals surface area contributed by atoms with Crippen molar-refractivity contribution in [2.45, 2.75) is 6.92 Å². The van der Waals surface area contributed by atoms with Crippen molar-refractivity contribution in [2.75, 3.05) is 6.61 Å². The van der Waals surface area contributed by atoms with Gasteiger partial charge < -0.3 is 9.84 Å². The predicted molar refractivity (Wildman–Crippen MR) is 69.5 cm³/mol. The lowest BCUT2D eigenvalue weighted by Gasteiger charge is -2.00. The number of hydrogen-bond acceptors (Lipinski definition) is 8. The highest BCUT2D eigenvalue weighted by Gasteiger charge is 2.16. The van der Waals surface area contributed by atoms with Crippen LogP contribution in [0.15, 0.2) is 46.0 Å². The van der Waals surface area contributed by atoms with E-state index in [0.717, 1.165) is 6.07 Å². The van der Waals surface area contributed by atoms with Crippen LogP contribution in [0.4, 0.5) is 11.4 Å². The molecule has 1 aromatic rings. The first-order valence-corrected chi connectivity index (χ1v) is 5.66. The summed E-state index contributed by atoms with van der Waals surface area (Å²) in [4.78, 5) is 21.5. The van der Waals surface area contributed by atoms with Gasteiger partial charge >= 0.3 is 5.97 Å². The maximum Gasteiger partial charge on any atom is 0.363 e. The van der Waals surface area contributed by atoms with Gasteiger partial charge in [-0.2, -0.15) is 5.26 Å². The van der Waals surface area contributed by atoms with Gasteiger partial charge in [-0.3, -0.25) is 10.1 Å². The van der Waals surface area contributed by atoms with Crippen molar-refractivity contribution >= 4 is 17.3 Å². The monoisotopic (exact) mass is 290 g/mol. The lowest BCUT2D eigenvalue weighted by molar-refractivity contribution is -0.384. The molecule has 0 atom stereocenters. The Balaban J connectivity index is 3.10. The fourth-order valence-electron chi connectivity index (χ4n) is 1.21. The molecule has 0 bridgehead atoms. The van der Waals surface area contributed by atoms with E-state index in [9.17, 15) is 20.0 Å². The molecule has 1 aromatic carbocycles. The third-order valence-electron chi connectivity index (χ3n) is 2.11. The van der Waals surface area contributed by atoms with Crippen molar-refractivity contribution < 1.29 is 19.6 Å². The predicted octanol–water partition coefficient (Wildman–Crippen LogP) is 2.53. The van der Waals surface area contributed by atoms with Crippen LogP contribution in [-0.2, 0) is 9.53 Å². The molecule has 0 saturated carbocycles. The minimum Gasteiger partial charge on any atom is -0.498 e. The molecule has 108 valence electrons. The summed E-state index contributed by atoms with van der Waals surface area (Å²) in [5, 5.41) is 35.5. The summed E-state index contributed by atoms with van der Waals surface area (Å²) in [5.74, 6) is -1.98. The zero-order valence-electron chi connectivity index (χ0n) is 10.9. The third-order valence-corrected chi connectivity index (χ3v) is 2.11. The van der Waals surface area contributed by atoms with Crippen LogP contribution in [0.3, 0.4) is 0 Å². The van der Waals surface area contributed by atoms with E-state index in [1.807, 2.05) is 0 Å². The van der Waals surface area contributed by atoms with Crippen LogP contribution in [0.2, 0.25) is 0 Å². The van der Waals surface area contributed by atoms with E-state index in [0.29, 0.717) is 0 Å². The Labute approximate surface area is 118 Å². The number of aliphatic hydroxyl groups is 1. The summed E-state index contributed by atoms with van der Waals surface area (Å²) in [5.41, 5.74) is -0.805. The summed E-state index contributed by atoms with van der Waals surface area (Å²) in [6, 6.07) is 6.51. The molecular weight excluding hydrogens is 280 g/mol. The number of carbonyl (C=O) groups is 1. The number of allylic oxidation sites excluding steroid dienone is 1. The van der Waals surface area contributed by atoms with Gasteiger partial charge in [0.25, 0.3) is 5.69 Å². The molecular formula is C12H10N4O5. The van der Waals surface area contributed by atoms with Crippen LogP contribution in [0, 0.1) is 21.4 Å². The number of carbonyl (C=O) groups excluding carboxylic acids is 1. The van der Waals surface area contributed by atoms with Crippen molar-refractivity contribution in [2.24, 2.45) is 10.2 Å². The summed E-state index contributed by atoms with van der Waals surface area (Å²) in [6.45, 7) is 1.56. The molecule has 0 aliphatic heterocycles. The van der Waals surface area contributed by atoms with E-state index < -0.39 is 22.3 Å². The topological polar surface area (TPSA) is 138 Å². The van der Waals surface area contributed by atoms with Gasteiger partial charge in [-0.25, -0.2) is 4.79 Å². The second kappa shape index (κ2) is 7.34. The van der Waals surface area contributed by atoms with Crippen LogP contribution in [0.25, 0.3) is 0 Å². The Morgan fingerprint density at radius 2 is 2.29 bits per heavy atom. The molecule has 0 aromatic heterocycles. The van der Waals surface area contributed by atoms with E-state index in [-0.39, 0.29) is 18.0 Å². The van der Waals surface area contributed by atoms with Crippen molar-refractivity contribution in [1.82, 2.24) is 0 Å². The van der Waals surface area contributed by atoms with E-state index in [2.05, 4.69) is 15.0 Å². The number of nitro groups is 1. The molecule has 0 aliphatic rings. The number of nitriles is 1. The number of azo groups is 1. The lowest BCUT2D eigenvalue weighted by Crippen LogP contribution is -2.08. The number of non-ortho nitro benzene ring substituents is 1. The van der Waals surface area contributed by atoms with Gasteiger partial charge in [0.1, 0.15) is 6.07 Å². The lowest BCUT2D eigenvalue weighted by atomic mass is 10.3. The van der Waals surface area contributed by atoms with Gasteiger partial charge in [-0.1, -0.05) is 6.07 Å². The first-order chi connectivity index (χ1) is 9.99. The average molecular weight is 290 g/mol. The number of ether oxygens (including phenoxy) is 1. The molecule has 0 unspecified atom stereocenters. The molecule has 9 nitrogen and oxygen atoms in total. The minimum absolute atomic E-state index is 0.0212. The van der Waals surface area contributed by atoms with Gasteiger partial charge in [0.05, 0.1) is 17.2 Å². The fourth-order valence-corrected chi connectivity index (χ4v) is 1.21. The highest BCUT2D eigenvalue weighted by molar-refractivity contribution is 5.89. The maximum absolute atomic E-state index is 11.5. The molecule has 9 heteroatoms. The standard InChI is InChI=1S/C12H10N4O5/c1-2-21-12(18)11(10(17)7-13)15-14-8-4-3-5-9(6-8)16(19)20/h3-6,17H,2H2,1H3/b11-10-,15-14?. The Morgan fingerprint density at radius 1 is 1.57 bits per heavy atom. The first-order valence-electron chi connectivity index (χ1n) is 5.66. The van der Waals surface area contributed by atoms with Gasteiger partial charge in [-0.05, 0) is 13.0 Å². The summed E-state index contributed by atoms with van der Waals surface area (Å²) < 4.78 is 4.61. The quantitative estimate of drug-likeness (QED) is 0.129. The van der Waals surface area contributed by atoms with E-state index >= 15 is 0 Å². The molecule has 1 N–H and O–H groups in total. The number of esters is 1. The highest BCUT2D eigenvalue weighted by Crippen LogP contribution is 2.21. The highest BCUT2D eigenvalue weighted by atomic mass is 16.6. The smallest absolute Gasteiger partial charge is 0.363 e. The van der Waals surface area contributed by atoms with Gasteiger partial charge in [0.15, 0.2) is 0 Å². The number of benzene rings is 1. The second-order valence-electron chi connectivity index (χ2n) is 3.51. The normalized spacial score (nSPS) is 11.6. The van der Waals surface area contributed by atoms with E-state index in [1.165, 1.54) is 31.2 Å².